The Morgan fingerprint density at radius 2 is 1.97 bits per heavy atom. The van der Waals surface area contributed by atoms with E-state index in [4.69, 9.17) is 4.74 Å². The first-order valence-corrected chi connectivity index (χ1v) is 10.8. The lowest BCUT2D eigenvalue weighted by Gasteiger charge is -2.18. The van der Waals surface area contributed by atoms with E-state index in [0.717, 1.165) is 45.6 Å². The number of aryl methyl sites for hydroxylation is 2. The molecule has 0 unspecified atom stereocenters. The third kappa shape index (κ3) is 4.99. The number of hydrogen-bond donors (Lipinski definition) is 1. The maximum Gasteiger partial charge on any atom is 0.229 e. The summed E-state index contributed by atoms with van der Waals surface area (Å²) in [5.41, 5.74) is 3.73. The van der Waals surface area contributed by atoms with Crippen molar-refractivity contribution in [3.8, 4) is 5.75 Å². The Labute approximate surface area is 180 Å². The van der Waals surface area contributed by atoms with Gasteiger partial charge >= 0.3 is 0 Å². The molecular formula is C23H27BrN2O3. The van der Waals surface area contributed by atoms with E-state index < -0.39 is 0 Å². The molecule has 1 saturated heterocycles. The molecule has 2 aromatic carbocycles. The molecule has 154 valence electrons. The lowest BCUT2D eigenvalue weighted by atomic mass is 10.0. The Kier molecular flexibility index (Phi) is 6.96. The summed E-state index contributed by atoms with van der Waals surface area (Å²) in [4.78, 5) is 27.1. The fourth-order valence-corrected chi connectivity index (χ4v) is 4.19. The number of amides is 2. The number of halogens is 1. The molecule has 1 aliphatic heterocycles. The molecule has 0 radical (unpaired) electrons. The first-order chi connectivity index (χ1) is 13.9. The molecule has 0 saturated carbocycles. The average Bonchev–Trinajstić information content (AvgIpc) is 3.10. The normalized spacial score (nSPS) is 16.2. The minimum atomic E-state index is -0.369. The fraction of sp³-hybridized carbons (Fsp3) is 0.391. The third-order valence-electron chi connectivity index (χ3n) is 5.13. The third-order valence-corrected chi connectivity index (χ3v) is 5.59. The van der Waals surface area contributed by atoms with Crippen LogP contribution < -0.4 is 15.0 Å². The molecule has 1 atom stereocenters. The minimum absolute atomic E-state index is 0.0318. The topological polar surface area (TPSA) is 58.6 Å². The van der Waals surface area contributed by atoms with Crippen molar-refractivity contribution in [1.82, 2.24) is 0 Å². The van der Waals surface area contributed by atoms with Gasteiger partial charge in [0.15, 0.2) is 0 Å². The number of ether oxygens (including phenoxy) is 1. The molecule has 1 N–H and O–H groups in total. The predicted octanol–water partition coefficient (Wildman–Crippen LogP) is 5.10. The molecular weight excluding hydrogens is 432 g/mol. The number of hydrogen-bond acceptors (Lipinski definition) is 3. The molecule has 6 heteroatoms. The van der Waals surface area contributed by atoms with Crippen molar-refractivity contribution >= 4 is 39.1 Å². The monoisotopic (exact) mass is 458 g/mol. The van der Waals surface area contributed by atoms with Gasteiger partial charge in [0.25, 0.3) is 0 Å². The van der Waals surface area contributed by atoms with Gasteiger partial charge in [-0.3, -0.25) is 9.59 Å². The van der Waals surface area contributed by atoms with Crippen LogP contribution in [-0.2, 0) is 16.0 Å². The average molecular weight is 459 g/mol. The molecule has 1 aliphatic rings. The molecule has 0 aliphatic carbocycles. The molecule has 1 heterocycles. The molecule has 1 fully saturated rings. The molecule has 29 heavy (non-hydrogen) atoms. The fourth-order valence-electron chi connectivity index (χ4n) is 3.57. The van der Waals surface area contributed by atoms with Gasteiger partial charge in [-0.05, 0) is 67.3 Å². The molecule has 5 nitrogen and oxygen atoms in total. The van der Waals surface area contributed by atoms with Crippen LogP contribution in [0.1, 0.15) is 37.8 Å². The Morgan fingerprint density at radius 1 is 1.24 bits per heavy atom. The zero-order valence-corrected chi connectivity index (χ0v) is 18.7. The van der Waals surface area contributed by atoms with E-state index in [2.05, 4.69) is 35.1 Å². The zero-order chi connectivity index (χ0) is 21.0. The van der Waals surface area contributed by atoms with Crippen LogP contribution in [0, 0.1) is 12.8 Å². The summed E-state index contributed by atoms with van der Waals surface area (Å²) in [6.07, 6.45) is 1.98. The van der Waals surface area contributed by atoms with E-state index in [9.17, 15) is 9.59 Å². The lowest BCUT2D eigenvalue weighted by molar-refractivity contribution is -0.122. The van der Waals surface area contributed by atoms with Crippen LogP contribution >= 0.6 is 15.9 Å². The lowest BCUT2D eigenvalue weighted by Crippen LogP contribution is -2.28. The second-order valence-corrected chi connectivity index (χ2v) is 8.26. The van der Waals surface area contributed by atoms with Gasteiger partial charge in [0.05, 0.1) is 12.5 Å². The number of anilines is 2. The first-order valence-electron chi connectivity index (χ1n) is 10.1. The number of rotatable bonds is 7. The second kappa shape index (κ2) is 9.44. The molecule has 2 amide bonds. The van der Waals surface area contributed by atoms with E-state index in [1.165, 1.54) is 0 Å². The maximum absolute atomic E-state index is 12.9. The highest BCUT2D eigenvalue weighted by Crippen LogP contribution is 2.30. The van der Waals surface area contributed by atoms with Gasteiger partial charge in [0.1, 0.15) is 5.75 Å². The first kappa shape index (κ1) is 21.4. The van der Waals surface area contributed by atoms with E-state index in [-0.39, 0.29) is 24.2 Å². The second-order valence-electron chi connectivity index (χ2n) is 7.35. The number of nitrogens with one attached hydrogen (secondary N) is 1. The van der Waals surface area contributed by atoms with Gasteiger partial charge in [-0.2, -0.15) is 0 Å². The van der Waals surface area contributed by atoms with Crippen molar-refractivity contribution in [3.63, 3.8) is 0 Å². The molecule has 3 rings (SSSR count). The smallest absolute Gasteiger partial charge is 0.229 e. The van der Waals surface area contributed by atoms with Gasteiger partial charge in [-0.1, -0.05) is 29.8 Å². The standard InChI is InChI=1S/C23H27BrN2O3/c1-4-10-29-20-8-6-19(7-9-20)26-14-17(13-21(26)27)23(28)25-22-15(3)11-18(24)12-16(22)5-2/h6-9,11-12,17H,4-5,10,13-14H2,1-3H3,(H,25,28)/t17-/m1/s1. The van der Waals surface area contributed by atoms with Crippen molar-refractivity contribution in [2.75, 3.05) is 23.4 Å². The Hall–Kier alpha value is -2.34. The summed E-state index contributed by atoms with van der Waals surface area (Å²) < 4.78 is 6.59. The largest absolute Gasteiger partial charge is 0.494 e. The van der Waals surface area contributed by atoms with Gasteiger partial charge in [0, 0.05) is 28.8 Å². The van der Waals surface area contributed by atoms with E-state index in [0.29, 0.717) is 13.2 Å². The van der Waals surface area contributed by atoms with Gasteiger partial charge in [-0.15, -0.1) is 0 Å². The van der Waals surface area contributed by atoms with Gasteiger partial charge < -0.3 is 15.0 Å². The molecule has 2 aromatic rings. The molecule has 0 spiro atoms. The van der Waals surface area contributed by atoms with Crippen LogP contribution in [0.4, 0.5) is 11.4 Å². The van der Waals surface area contributed by atoms with Crippen LogP contribution in [0.5, 0.6) is 5.75 Å². The molecule has 0 bridgehead atoms. The maximum atomic E-state index is 12.9. The van der Waals surface area contributed by atoms with Crippen LogP contribution in [0.3, 0.4) is 0 Å². The summed E-state index contributed by atoms with van der Waals surface area (Å²) in [7, 11) is 0. The summed E-state index contributed by atoms with van der Waals surface area (Å²) in [5, 5.41) is 3.07. The number of benzene rings is 2. The van der Waals surface area contributed by atoms with Gasteiger partial charge in [0.2, 0.25) is 11.8 Å². The Balaban J connectivity index is 1.69. The number of carbonyl (C=O) groups excluding carboxylic acids is 2. The summed E-state index contributed by atoms with van der Waals surface area (Å²) >= 11 is 3.51. The SMILES string of the molecule is CCCOc1ccc(N2C[C@H](C(=O)Nc3c(C)cc(Br)cc3CC)CC2=O)cc1. The van der Waals surface area contributed by atoms with Crippen molar-refractivity contribution in [2.45, 2.75) is 40.0 Å². The highest BCUT2D eigenvalue weighted by Gasteiger charge is 2.35. The highest BCUT2D eigenvalue weighted by atomic mass is 79.9. The quantitative estimate of drug-likeness (QED) is 0.627. The van der Waals surface area contributed by atoms with Crippen LogP contribution in [-0.4, -0.2) is 25.0 Å². The minimum Gasteiger partial charge on any atom is -0.494 e. The van der Waals surface area contributed by atoms with E-state index >= 15 is 0 Å². The zero-order valence-electron chi connectivity index (χ0n) is 17.1. The van der Waals surface area contributed by atoms with Gasteiger partial charge in [-0.25, -0.2) is 0 Å². The van der Waals surface area contributed by atoms with Crippen molar-refractivity contribution in [1.29, 1.82) is 0 Å². The Bertz CT molecular complexity index is 896. The highest BCUT2D eigenvalue weighted by molar-refractivity contribution is 9.10. The van der Waals surface area contributed by atoms with Crippen LogP contribution in [0.2, 0.25) is 0 Å². The van der Waals surface area contributed by atoms with Crippen molar-refractivity contribution in [2.24, 2.45) is 5.92 Å². The number of nitrogens with zero attached hydrogens (tertiary/aromatic N) is 1. The van der Waals surface area contributed by atoms with Crippen LogP contribution in [0.25, 0.3) is 0 Å². The summed E-state index contributed by atoms with van der Waals surface area (Å²) in [5.74, 6) is 0.278. The van der Waals surface area contributed by atoms with Crippen LogP contribution in [0.15, 0.2) is 40.9 Å². The summed E-state index contributed by atoms with van der Waals surface area (Å²) in [6.45, 7) is 7.15. The number of carbonyl (C=O) groups is 2. The van der Waals surface area contributed by atoms with Crippen molar-refractivity contribution < 1.29 is 14.3 Å². The van der Waals surface area contributed by atoms with Crippen molar-refractivity contribution in [3.05, 3.63) is 52.0 Å². The molecule has 0 aromatic heterocycles. The summed E-state index contributed by atoms with van der Waals surface area (Å²) in [6, 6.07) is 11.5. The Morgan fingerprint density at radius 3 is 2.62 bits per heavy atom. The predicted molar refractivity (Wildman–Crippen MR) is 120 cm³/mol. The van der Waals surface area contributed by atoms with E-state index in [1.807, 2.05) is 43.3 Å². The van der Waals surface area contributed by atoms with E-state index in [1.54, 1.807) is 4.90 Å².